The molecule has 0 radical (unpaired) electrons. The van der Waals surface area contributed by atoms with E-state index < -0.39 is 6.04 Å². The molecule has 1 atom stereocenters. The Morgan fingerprint density at radius 1 is 0.794 bits per heavy atom. The van der Waals surface area contributed by atoms with E-state index in [4.69, 9.17) is 9.84 Å². The van der Waals surface area contributed by atoms with Crippen molar-refractivity contribution in [1.29, 1.82) is 0 Å². The molecule has 3 amide bonds. The van der Waals surface area contributed by atoms with Gasteiger partial charge in [0.15, 0.2) is 6.73 Å². The van der Waals surface area contributed by atoms with Crippen LogP contribution in [0.4, 0.5) is 4.79 Å². The highest BCUT2D eigenvalue weighted by atomic mass is 16.5. The Hall–Kier alpha value is -5.01. The fourth-order valence-electron chi connectivity index (χ4n) is 10.6. The number of hydrogen-bond acceptors (Lipinski definition) is 8. The summed E-state index contributed by atoms with van der Waals surface area (Å²) in [6.45, 7) is 10.4. The van der Waals surface area contributed by atoms with Crippen LogP contribution in [-0.4, -0.2) is 124 Å². The maximum absolute atomic E-state index is 14.5. The molecule has 0 bridgehead atoms. The molecular formula is C55H80N8O5. The van der Waals surface area contributed by atoms with Gasteiger partial charge in [-0.25, -0.2) is 9.48 Å². The second-order valence-corrected chi connectivity index (χ2v) is 20.0. The minimum Gasteiger partial charge on any atom is -0.442 e. The molecule has 3 saturated heterocycles. The van der Waals surface area contributed by atoms with Gasteiger partial charge in [0.25, 0.3) is 5.56 Å². The van der Waals surface area contributed by atoms with Gasteiger partial charge in [0.2, 0.25) is 5.91 Å². The van der Waals surface area contributed by atoms with Crippen LogP contribution >= 0.6 is 0 Å². The number of unbranched alkanes of at least 4 members (excludes halogenated alkanes) is 11. The maximum Gasteiger partial charge on any atom is 0.318 e. The van der Waals surface area contributed by atoms with E-state index >= 15 is 0 Å². The Kier molecular flexibility index (Phi) is 19.5. The molecule has 68 heavy (non-hydrogen) atoms. The number of para-hydroxylation sites is 1. The Bertz CT molecular complexity index is 2320. The highest BCUT2D eigenvalue weighted by molar-refractivity contribution is 5.88. The molecule has 3 aliphatic rings. The Labute approximate surface area is 405 Å². The zero-order valence-electron chi connectivity index (χ0n) is 41.5. The molecule has 2 aromatic carbocycles. The number of rotatable bonds is 23. The van der Waals surface area contributed by atoms with Crippen LogP contribution in [0.1, 0.15) is 145 Å². The average molecular weight is 933 g/mol. The summed E-state index contributed by atoms with van der Waals surface area (Å²) in [4.78, 5) is 66.0. The summed E-state index contributed by atoms with van der Waals surface area (Å²) in [6, 6.07) is 13.4. The second-order valence-electron chi connectivity index (χ2n) is 20.0. The molecule has 0 aliphatic carbocycles. The molecule has 5 heterocycles. The van der Waals surface area contributed by atoms with Crippen molar-refractivity contribution in [3.8, 4) is 0 Å². The van der Waals surface area contributed by atoms with Crippen molar-refractivity contribution in [2.24, 2.45) is 0 Å². The van der Waals surface area contributed by atoms with E-state index in [1.165, 1.54) is 57.8 Å². The van der Waals surface area contributed by atoms with E-state index in [-0.39, 0.29) is 36.1 Å². The third-order valence-corrected chi connectivity index (χ3v) is 14.8. The summed E-state index contributed by atoms with van der Waals surface area (Å²) in [7, 11) is 2.18. The normalized spacial score (nSPS) is 17.4. The van der Waals surface area contributed by atoms with Gasteiger partial charge >= 0.3 is 12.0 Å². The topological polar surface area (TPSA) is 136 Å². The fourth-order valence-corrected chi connectivity index (χ4v) is 10.6. The van der Waals surface area contributed by atoms with Crippen molar-refractivity contribution in [3.05, 3.63) is 87.9 Å². The number of pyridine rings is 1. The van der Waals surface area contributed by atoms with Crippen molar-refractivity contribution in [2.45, 2.75) is 161 Å². The van der Waals surface area contributed by atoms with E-state index in [0.29, 0.717) is 57.9 Å². The van der Waals surface area contributed by atoms with E-state index in [2.05, 4.69) is 52.3 Å². The van der Waals surface area contributed by atoms with Crippen LogP contribution in [-0.2, 0) is 27.5 Å². The number of amides is 3. The molecule has 370 valence electrons. The number of carbonyl (C=O) groups is 3. The number of nitrogens with one attached hydrogen (secondary N) is 2. The maximum atomic E-state index is 14.5. The number of aromatic nitrogens is 3. The quantitative estimate of drug-likeness (QED) is 0.0427. The molecule has 13 nitrogen and oxygen atoms in total. The van der Waals surface area contributed by atoms with Gasteiger partial charge in [-0.05, 0) is 125 Å². The molecule has 3 aliphatic heterocycles. The summed E-state index contributed by atoms with van der Waals surface area (Å²) in [6.07, 6.45) is 26.7. The van der Waals surface area contributed by atoms with Crippen LogP contribution in [0.25, 0.3) is 21.8 Å². The summed E-state index contributed by atoms with van der Waals surface area (Å²) >= 11 is 0. The first kappa shape index (κ1) is 50.9. The number of H-pyrrole nitrogens is 1. The Morgan fingerprint density at radius 3 is 2.19 bits per heavy atom. The van der Waals surface area contributed by atoms with E-state index in [1.807, 2.05) is 54.4 Å². The summed E-state index contributed by atoms with van der Waals surface area (Å²) < 4.78 is 7.31. The van der Waals surface area contributed by atoms with Gasteiger partial charge in [0.1, 0.15) is 6.04 Å². The zero-order valence-corrected chi connectivity index (χ0v) is 41.5. The number of piperazine rings is 1. The minimum atomic E-state index is -0.761. The van der Waals surface area contributed by atoms with Crippen molar-refractivity contribution in [1.82, 2.24) is 39.7 Å². The number of urea groups is 1. The molecular weight excluding hydrogens is 853 g/mol. The number of ether oxygens (including phenoxy) is 1. The molecule has 0 saturated carbocycles. The summed E-state index contributed by atoms with van der Waals surface area (Å²) in [5.41, 5.74) is 4.19. The number of aromatic amines is 1. The highest BCUT2D eigenvalue weighted by Crippen LogP contribution is 2.28. The largest absolute Gasteiger partial charge is 0.442 e. The third-order valence-electron chi connectivity index (χ3n) is 14.8. The van der Waals surface area contributed by atoms with Crippen molar-refractivity contribution in [3.63, 3.8) is 0 Å². The number of likely N-dealkylation sites (tertiary alicyclic amines) is 2. The smallest absolute Gasteiger partial charge is 0.318 e. The number of esters is 1. The predicted molar refractivity (Wildman–Crippen MR) is 273 cm³/mol. The van der Waals surface area contributed by atoms with Crippen molar-refractivity contribution in [2.75, 3.05) is 59.4 Å². The highest BCUT2D eigenvalue weighted by Gasteiger charge is 2.34. The van der Waals surface area contributed by atoms with Crippen molar-refractivity contribution < 1.29 is 19.1 Å². The van der Waals surface area contributed by atoms with Gasteiger partial charge in [-0.2, -0.15) is 5.10 Å². The number of allylic oxidation sites excluding steroid dienone is 2. The summed E-state index contributed by atoms with van der Waals surface area (Å²) in [5, 5.41) is 9.82. The molecule has 13 heteroatoms. The van der Waals surface area contributed by atoms with E-state index in [0.717, 1.165) is 103 Å². The van der Waals surface area contributed by atoms with Crippen LogP contribution in [0, 0.1) is 6.92 Å². The first-order valence-electron chi connectivity index (χ1n) is 26.3. The Balaban J connectivity index is 0.904. The molecule has 1 unspecified atom stereocenters. The van der Waals surface area contributed by atoms with Gasteiger partial charge in [0.05, 0.1) is 5.52 Å². The first-order valence-corrected chi connectivity index (χ1v) is 26.3. The van der Waals surface area contributed by atoms with Crippen LogP contribution in [0.15, 0.2) is 65.6 Å². The number of fused-ring (bicyclic) bond motifs is 2. The Morgan fingerprint density at radius 2 is 1.47 bits per heavy atom. The predicted octanol–water partition coefficient (Wildman–Crippen LogP) is 9.46. The van der Waals surface area contributed by atoms with E-state index in [1.54, 1.807) is 9.58 Å². The van der Waals surface area contributed by atoms with Crippen LogP contribution in [0.2, 0.25) is 0 Å². The molecule has 3 fully saturated rings. The second kappa shape index (κ2) is 26.1. The number of carbonyl (C=O) groups excluding carboxylic acids is 3. The van der Waals surface area contributed by atoms with Crippen LogP contribution < -0.4 is 10.9 Å². The lowest BCUT2D eigenvalue weighted by Gasteiger charge is -2.43. The molecule has 7 rings (SSSR count). The number of benzene rings is 2. The average Bonchev–Trinajstić information content (AvgIpc) is 3.78. The third kappa shape index (κ3) is 14.7. The van der Waals surface area contributed by atoms with E-state index in [9.17, 15) is 19.2 Å². The van der Waals surface area contributed by atoms with Gasteiger partial charge in [-0.15, -0.1) is 0 Å². The van der Waals surface area contributed by atoms with Crippen LogP contribution in [0.3, 0.4) is 0 Å². The number of piperidine rings is 2. The lowest BCUT2D eigenvalue weighted by atomic mass is 9.89. The van der Waals surface area contributed by atoms with Gasteiger partial charge < -0.3 is 29.7 Å². The summed E-state index contributed by atoms with van der Waals surface area (Å²) in [5.74, 6) is -0.234. The van der Waals surface area contributed by atoms with Crippen LogP contribution in [0.5, 0.6) is 0 Å². The molecule has 4 aromatic rings. The molecule has 0 spiro atoms. The van der Waals surface area contributed by atoms with Gasteiger partial charge in [-0.1, -0.05) is 94.7 Å². The minimum absolute atomic E-state index is 0.0417. The molecule has 2 N–H and O–H groups in total. The van der Waals surface area contributed by atoms with Gasteiger partial charge in [-0.3, -0.25) is 19.3 Å². The number of hydrogen-bond donors (Lipinski definition) is 2. The van der Waals surface area contributed by atoms with Gasteiger partial charge in [0, 0.05) is 80.8 Å². The standard InChI is InChI=1S/C55H80N8O5/c1-4-5-6-7-8-9-10-11-12-13-14-15-16-17-18-23-51(64)68-41-63-40-46-37-43(36-42(2)52(46)58-63)38-50(54(66)61-34-32-60(33-35-61)47-26-28-59(3)29-27-47)57-55(67)62-30-24-44(25-31-62)48-39-45-21-19-20-22-49(45)56-53(48)65/h11-12,19-22,36-37,39-40,44,47,50H,4-10,13-18,23-35,38,41H2,1-3H3,(H,56,65)(H,57,67)/b12-11+. The first-order chi connectivity index (χ1) is 33.1. The number of nitrogens with zero attached hydrogens (tertiary/aromatic N) is 6. The lowest BCUT2D eigenvalue weighted by molar-refractivity contribution is -0.148. The van der Waals surface area contributed by atoms with Crippen molar-refractivity contribution >= 4 is 39.7 Å². The molecule has 2 aromatic heterocycles. The fraction of sp³-hybridized carbons (Fsp3) is 0.618. The number of aryl methyl sites for hydroxylation is 1. The monoisotopic (exact) mass is 933 g/mol. The zero-order chi connectivity index (χ0) is 47.7. The SMILES string of the molecule is CCCCCCCC/C=C/CCCCCCCC(=O)OCn1cc2cc(CC(NC(=O)N3CCC(c4cc5ccccc5[nH]c4=O)CC3)C(=O)N3CCN(C4CCN(C)CC4)CC3)cc(C)c2n1. The lowest BCUT2D eigenvalue weighted by Crippen LogP contribution is -2.59.